The number of urea groups is 1. The van der Waals surface area contributed by atoms with E-state index < -0.39 is 17.3 Å². The molecule has 1 aromatic rings. The maximum Gasteiger partial charge on any atom is 0.325 e. The Morgan fingerprint density at radius 3 is 2.37 bits per heavy atom. The summed E-state index contributed by atoms with van der Waals surface area (Å²) >= 11 is 5.53. The summed E-state index contributed by atoms with van der Waals surface area (Å²) in [4.78, 5) is 22.7. The molecule has 104 valence electrons. The SMILES string of the molecule is COc1ccc(NC(=O)NC(=O)C(C)Cl)cc1OC. The predicted octanol–water partition coefficient (Wildman–Crippen LogP) is 1.98. The Kier molecular flexibility index (Phi) is 5.44. The van der Waals surface area contributed by atoms with E-state index in [9.17, 15) is 9.59 Å². The van der Waals surface area contributed by atoms with Gasteiger partial charge in [-0.25, -0.2) is 4.79 Å². The number of nitrogens with one attached hydrogen (secondary N) is 2. The number of halogens is 1. The van der Waals surface area contributed by atoms with Crippen LogP contribution in [0.2, 0.25) is 0 Å². The number of methoxy groups -OCH3 is 2. The highest BCUT2D eigenvalue weighted by Crippen LogP contribution is 2.29. The lowest BCUT2D eigenvalue weighted by Crippen LogP contribution is -2.38. The fraction of sp³-hybridized carbons (Fsp3) is 0.333. The molecule has 6 nitrogen and oxygen atoms in total. The van der Waals surface area contributed by atoms with Gasteiger partial charge in [0.15, 0.2) is 11.5 Å². The third-order valence-electron chi connectivity index (χ3n) is 2.24. The minimum absolute atomic E-state index is 0.463. The number of rotatable bonds is 4. The van der Waals surface area contributed by atoms with Crippen molar-refractivity contribution in [2.45, 2.75) is 12.3 Å². The molecule has 1 rings (SSSR count). The van der Waals surface area contributed by atoms with Crippen molar-refractivity contribution in [2.75, 3.05) is 19.5 Å². The van der Waals surface area contributed by atoms with Crippen molar-refractivity contribution in [3.63, 3.8) is 0 Å². The van der Waals surface area contributed by atoms with Gasteiger partial charge in [0.1, 0.15) is 5.38 Å². The highest BCUT2D eigenvalue weighted by molar-refractivity contribution is 6.31. The molecule has 0 aliphatic carbocycles. The molecular formula is C12H15ClN2O4. The van der Waals surface area contributed by atoms with E-state index in [4.69, 9.17) is 21.1 Å². The number of hydrogen-bond acceptors (Lipinski definition) is 4. The summed E-state index contributed by atoms with van der Waals surface area (Å²) in [7, 11) is 3.00. The number of anilines is 1. The van der Waals surface area contributed by atoms with Gasteiger partial charge < -0.3 is 14.8 Å². The number of carbonyl (C=O) groups is 2. The summed E-state index contributed by atoms with van der Waals surface area (Å²) in [6.07, 6.45) is 0. The zero-order valence-electron chi connectivity index (χ0n) is 10.8. The van der Waals surface area contributed by atoms with Crippen LogP contribution < -0.4 is 20.1 Å². The Morgan fingerprint density at radius 1 is 1.21 bits per heavy atom. The van der Waals surface area contributed by atoms with Crippen LogP contribution in [0, 0.1) is 0 Å². The van der Waals surface area contributed by atoms with Gasteiger partial charge in [-0.15, -0.1) is 11.6 Å². The van der Waals surface area contributed by atoms with Crippen molar-refractivity contribution >= 4 is 29.2 Å². The van der Waals surface area contributed by atoms with E-state index in [1.807, 2.05) is 0 Å². The van der Waals surface area contributed by atoms with E-state index >= 15 is 0 Å². The minimum atomic E-state index is -0.781. The molecule has 0 saturated carbocycles. The van der Waals surface area contributed by atoms with Gasteiger partial charge in [-0.3, -0.25) is 10.1 Å². The van der Waals surface area contributed by atoms with Crippen molar-refractivity contribution in [1.29, 1.82) is 0 Å². The van der Waals surface area contributed by atoms with Crippen LogP contribution in [0.5, 0.6) is 11.5 Å². The minimum Gasteiger partial charge on any atom is -0.493 e. The molecule has 7 heteroatoms. The number of amides is 3. The normalized spacial score (nSPS) is 11.4. The predicted molar refractivity (Wildman–Crippen MR) is 72.0 cm³/mol. The highest BCUT2D eigenvalue weighted by atomic mass is 35.5. The molecule has 3 amide bonds. The van der Waals surface area contributed by atoms with Crippen molar-refractivity contribution < 1.29 is 19.1 Å². The van der Waals surface area contributed by atoms with Crippen LogP contribution in [-0.2, 0) is 4.79 Å². The number of imide groups is 1. The fourth-order valence-corrected chi connectivity index (χ4v) is 1.34. The van der Waals surface area contributed by atoms with Gasteiger partial charge in [0.25, 0.3) is 0 Å². The van der Waals surface area contributed by atoms with Gasteiger partial charge >= 0.3 is 6.03 Å². The third-order valence-corrected chi connectivity index (χ3v) is 2.44. The molecule has 0 saturated heterocycles. The lowest BCUT2D eigenvalue weighted by Gasteiger charge is -2.11. The van der Waals surface area contributed by atoms with Crippen LogP contribution in [0.3, 0.4) is 0 Å². The molecule has 0 spiro atoms. The van der Waals surface area contributed by atoms with Crippen LogP contribution in [0.25, 0.3) is 0 Å². The summed E-state index contributed by atoms with van der Waals surface area (Å²) in [6, 6.07) is 4.17. The van der Waals surface area contributed by atoms with Gasteiger partial charge in [0.05, 0.1) is 14.2 Å². The van der Waals surface area contributed by atoms with Gasteiger partial charge in [0.2, 0.25) is 5.91 Å². The van der Waals surface area contributed by atoms with E-state index in [-0.39, 0.29) is 0 Å². The molecule has 1 aromatic carbocycles. The lowest BCUT2D eigenvalue weighted by molar-refractivity contribution is -0.119. The van der Waals surface area contributed by atoms with Crippen LogP contribution >= 0.6 is 11.6 Å². The second kappa shape index (κ2) is 6.84. The number of carbonyl (C=O) groups excluding carboxylic acids is 2. The third kappa shape index (κ3) is 4.33. The number of benzene rings is 1. The van der Waals surface area contributed by atoms with Crippen molar-refractivity contribution in [2.24, 2.45) is 0 Å². The maximum absolute atomic E-state index is 11.5. The molecule has 0 aromatic heterocycles. The quantitative estimate of drug-likeness (QED) is 0.830. The second-order valence-electron chi connectivity index (χ2n) is 3.63. The fourth-order valence-electron chi connectivity index (χ4n) is 1.29. The Balaban J connectivity index is 2.72. The average Bonchev–Trinajstić information content (AvgIpc) is 2.38. The molecule has 1 unspecified atom stereocenters. The molecule has 0 aliphatic heterocycles. The summed E-state index contributed by atoms with van der Waals surface area (Å²) < 4.78 is 10.2. The first-order chi connectivity index (χ1) is 8.97. The maximum atomic E-state index is 11.5. The van der Waals surface area contributed by atoms with E-state index in [0.29, 0.717) is 17.2 Å². The van der Waals surface area contributed by atoms with Crippen molar-refractivity contribution in [3.05, 3.63) is 18.2 Å². The average molecular weight is 287 g/mol. The summed E-state index contributed by atoms with van der Waals surface area (Å²) in [5.41, 5.74) is 0.463. The first-order valence-electron chi connectivity index (χ1n) is 5.46. The van der Waals surface area contributed by atoms with Crippen LogP contribution in [0.4, 0.5) is 10.5 Å². The summed E-state index contributed by atoms with van der Waals surface area (Å²) in [5.74, 6) is 0.441. The number of hydrogen-bond donors (Lipinski definition) is 2. The van der Waals surface area contributed by atoms with Crippen LogP contribution in [0.1, 0.15) is 6.92 Å². The monoisotopic (exact) mass is 286 g/mol. The smallest absolute Gasteiger partial charge is 0.325 e. The van der Waals surface area contributed by atoms with Crippen molar-refractivity contribution in [3.8, 4) is 11.5 Å². The summed E-state index contributed by atoms with van der Waals surface area (Å²) in [6.45, 7) is 1.47. The molecule has 0 fully saturated rings. The molecule has 19 heavy (non-hydrogen) atoms. The van der Waals surface area contributed by atoms with Gasteiger partial charge in [-0.2, -0.15) is 0 Å². The molecule has 0 bridgehead atoms. The van der Waals surface area contributed by atoms with E-state index in [2.05, 4.69) is 10.6 Å². The van der Waals surface area contributed by atoms with E-state index in [0.717, 1.165) is 0 Å². The first kappa shape index (κ1) is 15.1. The van der Waals surface area contributed by atoms with Gasteiger partial charge in [0, 0.05) is 11.8 Å². The summed E-state index contributed by atoms with van der Waals surface area (Å²) in [5, 5.41) is 3.81. The van der Waals surface area contributed by atoms with E-state index in [1.54, 1.807) is 18.2 Å². The lowest BCUT2D eigenvalue weighted by atomic mass is 10.3. The Labute approximate surface area is 116 Å². The van der Waals surface area contributed by atoms with Crippen LogP contribution in [-0.4, -0.2) is 31.5 Å². The van der Waals surface area contributed by atoms with E-state index in [1.165, 1.54) is 21.1 Å². The molecule has 1 atom stereocenters. The zero-order chi connectivity index (χ0) is 14.4. The first-order valence-corrected chi connectivity index (χ1v) is 5.89. The van der Waals surface area contributed by atoms with Gasteiger partial charge in [-0.1, -0.05) is 0 Å². The van der Waals surface area contributed by atoms with Crippen LogP contribution in [0.15, 0.2) is 18.2 Å². The topological polar surface area (TPSA) is 76.7 Å². The zero-order valence-corrected chi connectivity index (χ0v) is 11.6. The number of ether oxygens (including phenoxy) is 2. The Morgan fingerprint density at radius 2 is 1.84 bits per heavy atom. The second-order valence-corrected chi connectivity index (χ2v) is 4.28. The molecule has 0 radical (unpaired) electrons. The highest BCUT2D eigenvalue weighted by Gasteiger charge is 2.13. The largest absolute Gasteiger partial charge is 0.493 e. The molecular weight excluding hydrogens is 272 g/mol. The Bertz CT molecular complexity index is 477. The van der Waals surface area contributed by atoms with Gasteiger partial charge in [-0.05, 0) is 19.1 Å². The molecule has 0 heterocycles. The molecule has 0 aliphatic rings. The number of alkyl halides is 1. The standard InChI is InChI=1S/C12H15ClN2O4/c1-7(13)11(16)15-12(17)14-8-4-5-9(18-2)10(6-8)19-3/h4-7H,1-3H3,(H2,14,15,16,17). The Hall–Kier alpha value is -1.95. The molecule has 2 N–H and O–H groups in total. The van der Waals surface area contributed by atoms with Crippen molar-refractivity contribution in [1.82, 2.24) is 5.32 Å².